The number of hydrogen-bond donors (Lipinski definition) is 0. The normalized spacial score (nSPS) is 19.5. The molecule has 3 heterocycles. The predicted octanol–water partition coefficient (Wildman–Crippen LogP) is 6.51. The zero-order valence-electron chi connectivity index (χ0n) is 19.1. The maximum atomic E-state index is 13.8. The van der Waals surface area contributed by atoms with Crippen LogP contribution in [-0.4, -0.2) is 29.5 Å². The molecule has 0 amide bonds. The second-order valence-electron chi connectivity index (χ2n) is 9.21. The van der Waals surface area contributed by atoms with Crippen LogP contribution < -0.4 is 4.31 Å². The standard InChI is InChI=1S/C24H28F3N3O3S/c1-17(2)14-30(23-6-4-3-5-21(23)24(25,26)27)34(32-33-34)20-7-8-22-19(13-20)16-29(28-22)15-18-9-11-31-12-10-18/h3-8,13,16-18H,9-12,14-15H2,1-2H3. The highest BCUT2D eigenvalue weighted by Gasteiger charge is 2.50. The molecule has 6 nitrogen and oxygen atoms in total. The molecule has 2 aliphatic rings. The van der Waals surface area contributed by atoms with Crippen LogP contribution >= 0.6 is 10.8 Å². The molecule has 0 aliphatic carbocycles. The fourth-order valence-electron chi connectivity index (χ4n) is 4.40. The van der Waals surface area contributed by atoms with E-state index in [-0.39, 0.29) is 11.6 Å². The van der Waals surface area contributed by atoms with Gasteiger partial charge in [0.1, 0.15) is 0 Å². The van der Waals surface area contributed by atoms with Gasteiger partial charge in [-0.15, -0.1) is 0 Å². The minimum atomic E-state index is -4.49. The third-order valence-electron chi connectivity index (χ3n) is 6.10. The van der Waals surface area contributed by atoms with E-state index < -0.39 is 22.5 Å². The molecule has 2 aliphatic heterocycles. The first kappa shape index (κ1) is 23.5. The quantitative estimate of drug-likeness (QED) is 0.276. The molecule has 0 saturated carbocycles. The van der Waals surface area contributed by atoms with Crippen LogP contribution in [0.4, 0.5) is 18.9 Å². The van der Waals surface area contributed by atoms with Gasteiger partial charge in [0.25, 0.3) is 0 Å². The van der Waals surface area contributed by atoms with Gasteiger partial charge in [-0.1, -0.05) is 34.6 Å². The number of ether oxygens (including phenoxy) is 1. The van der Waals surface area contributed by atoms with E-state index >= 15 is 0 Å². The van der Waals surface area contributed by atoms with E-state index in [0.29, 0.717) is 17.4 Å². The van der Waals surface area contributed by atoms with Crippen molar-refractivity contribution in [2.45, 2.75) is 44.3 Å². The fourth-order valence-corrected chi connectivity index (χ4v) is 6.59. The van der Waals surface area contributed by atoms with E-state index in [4.69, 9.17) is 13.4 Å². The molecule has 0 unspecified atom stereocenters. The van der Waals surface area contributed by atoms with Gasteiger partial charge in [-0.2, -0.15) is 18.3 Å². The van der Waals surface area contributed by atoms with E-state index in [1.807, 2.05) is 42.9 Å². The summed E-state index contributed by atoms with van der Waals surface area (Å²) in [6, 6.07) is 11.2. The number of benzene rings is 2. The molecule has 184 valence electrons. The molecule has 10 heteroatoms. The highest BCUT2D eigenvalue weighted by atomic mass is 32.3. The summed E-state index contributed by atoms with van der Waals surface area (Å²) in [5.74, 6) is 0.611. The van der Waals surface area contributed by atoms with Gasteiger partial charge in [-0.3, -0.25) is 8.99 Å². The number of anilines is 1. The summed E-state index contributed by atoms with van der Waals surface area (Å²) >= 11 is 0. The Hall–Kier alpha value is -2.27. The monoisotopic (exact) mass is 495 g/mol. The van der Waals surface area contributed by atoms with Crippen molar-refractivity contribution < 1.29 is 26.6 Å². The van der Waals surface area contributed by atoms with Gasteiger partial charge in [0, 0.05) is 37.9 Å². The summed E-state index contributed by atoms with van der Waals surface area (Å²) in [5.41, 5.74) is 0.190. The molecule has 2 fully saturated rings. The minimum absolute atomic E-state index is 0.0616. The zero-order chi connectivity index (χ0) is 23.9. The molecular weight excluding hydrogens is 467 g/mol. The topological polar surface area (TPSA) is 55.4 Å². The molecule has 5 rings (SSSR count). The molecule has 0 atom stereocenters. The molecule has 0 radical (unpaired) electrons. The van der Waals surface area contributed by atoms with Crippen molar-refractivity contribution >= 4 is 27.4 Å². The van der Waals surface area contributed by atoms with Crippen LogP contribution in [0.2, 0.25) is 0 Å². The van der Waals surface area contributed by atoms with Crippen LogP contribution in [0.25, 0.3) is 10.9 Å². The average Bonchev–Trinajstić information content (AvgIpc) is 3.51. The van der Waals surface area contributed by atoms with Gasteiger partial charge in [-0.05, 0) is 65.8 Å². The Morgan fingerprint density at radius 2 is 1.85 bits per heavy atom. The minimum Gasteiger partial charge on any atom is -0.381 e. The van der Waals surface area contributed by atoms with Crippen LogP contribution in [0, 0.1) is 11.8 Å². The van der Waals surface area contributed by atoms with Crippen molar-refractivity contribution in [2.24, 2.45) is 11.8 Å². The number of fused-ring (bicyclic) bond motifs is 1. The maximum absolute atomic E-state index is 13.8. The van der Waals surface area contributed by atoms with Crippen LogP contribution in [0.1, 0.15) is 32.3 Å². The summed E-state index contributed by atoms with van der Waals surface area (Å²) in [7, 11) is -2.51. The third-order valence-corrected chi connectivity index (χ3v) is 8.27. The molecule has 0 N–H and O–H groups in total. The van der Waals surface area contributed by atoms with Crippen molar-refractivity contribution in [1.29, 1.82) is 0 Å². The summed E-state index contributed by atoms with van der Waals surface area (Å²) in [4.78, 5) is 0.711. The second-order valence-corrected chi connectivity index (χ2v) is 11.3. The predicted molar refractivity (Wildman–Crippen MR) is 125 cm³/mol. The van der Waals surface area contributed by atoms with Crippen molar-refractivity contribution in [2.75, 3.05) is 24.1 Å². The fraction of sp³-hybridized carbons (Fsp3) is 0.458. The SMILES string of the molecule is CC(C)CN(c1ccccc1C(F)(F)F)S1(c2ccc3nn(CC4CCOCC4)cc3c2)OO1. The lowest BCUT2D eigenvalue weighted by atomic mass is 10.0. The molecule has 0 bridgehead atoms. The van der Waals surface area contributed by atoms with Gasteiger partial charge >= 0.3 is 6.18 Å². The van der Waals surface area contributed by atoms with Crippen LogP contribution in [-0.2, 0) is 26.1 Å². The van der Waals surface area contributed by atoms with Crippen LogP contribution in [0.15, 0.2) is 53.6 Å². The van der Waals surface area contributed by atoms with Crippen molar-refractivity contribution in [1.82, 2.24) is 9.78 Å². The molecule has 2 aromatic carbocycles. The summed E-state index contributed by atoms with van der Waals surface area (Å²) in [6.45, 7) is 6.65. The Morgan fingerprint density at radius 1 is 1.12 bits per heavy atom. The van der Waals surface area contributed by atoms with Crippen molar-refractivity contribution in [3.63, 3.8) is 0 Å². The lowest BCUT2D eigenvalue weighted by Gasteiger charge is -2.35. The molecule has 1 aromatic heterocycles. The molecular formula is C24H28F3N3O3S. The van der Waals surface area contributed by atoms with Gasteiger partial charge in [0.15, 0.2) is 0 Å². The number of nitrogens with zero attached hydrogens (tertiary/aromatic N) is 3. The van der Waals surface area contributed by atoms with E-state index in [2.05, 4.69) is 5.10 Å². The second kappa shape index (κ2) is 9.07. The van der Waals surface area contributed by atoms with Crippen LogP contribution in [0.3, 0.4) is 0 Å². The third kappa shape index (κ3) is 4.64. The van der Waals surface area contributed by atoms with Gasteiger partial charge in [0.2, 0.25) is 0 Å². The Kier molecular flexibility index (Phi) is 6.26. The van der Waals surface area contributed by atoms with Crippen LogP contribution in [0.5, 0.6) is 0 Å². The van der Waals surface area contributed by atoms with Crippen molar-refractivity contribution in [3.05, 3.63) is 54.2 Å². The lowest BCUT2D eigenvalue weighted by Crippen LogP contribution is -2.28. The molecule has 0 spiro atoms. The van der Waals surface area contributed by atoms with Gasteiger partial charge < -0.3 is 4.74 Å². The number of halogens is 3. The number of para-hydroxylation sites is 1. The van der Waals surface area contributed by atoms with E-state index in [1.54, 1.807) is 10.4 Å². The molecule has 3 aromatic rings. The van der Waals surface area contributed by atoms with Crippen molar-refractivity contribution in [3.8, 4) is 0 Å². The first-order valence-electron chi connectivity index (χ1n) is 11.5. The lowest BCUT2D eigenvalue weighted by molar-refractivity contribution is -0.137. The Morgan fingerprint density at radius 3 is 2.53 bits per heavy atom. The highest BCUT2D eigenvalue weighted by molar-refractivity contribution is 8.30. The number of aromatic nitrogens is 2. The summed E-state index contributed by atoms with van der Waals surface area (Å²) in [5, 5.41) is 5.60. The van der Waals surface area contributed by atoms with E-state index in [0.717, 1.165) is 49.6 Å². The maximum Gasteiger partial charge on any atom is 0.418 e. The molecule has 34 heavy (non-hydrogen) atoms. The first-order valence-corrected chi connectivity index (χ1v) is 12.9. The van der Waals surface area contributed by atoms with Gasteiger partial charge in [-0.25, -0.2) is 0 Å². The smallest absolute Gasteiger partial charge is 0.381 e. The first-order chi connectivity index (χ1) is 16.3. The van der Waals surface area contributed by atoms with Gasteiger partial charge in [0.05, 0.1) is 21.7 Å². The number of hydrogen-bond acceptors (Lipinski definition) is 5. The summed E-state index contributed by atoms with van der Waals surface area (Å²) in [6.07, 6.45) is -0.477. The largest absolute Gasteiger partial charge is 0.418 e. The zero-order valence-corrected chi connectivity index (χ0v) is 19.9. The van der Waals surface area contributed by atoms with E-state index in [1.165, 1.54) is 12.1 Å². The molecule has 2 saturated heterocycles. The number of alkyl halides is 3. The Bertz CT molecular complexity index is 1160. The average molecular weight is 496 g/mol. The number of rotatable bonds is 7. The Balaban J connectivity index is 1.49. The Labute approximate surface area is 198 Å². The van der Waals surface area contributed by atoms with E-state index in [9.17, 15) is 13.2 Å². The highest BCUT2D eigenvalue weighted by Crippen LogP contribution is 2.75. The summed E-state index contributed by atoms with van der Waals surface area (Å²) < 4.78 is 61.7.